The van der Waals surface area contributed by atoms with Crippen LogP contribution in [-0.4, -0.2) is 46.9 Å². The molecule has 1 aliphatic rings. The first kappa shape index (κ1) is 20.6. The molecule has 1 fully saturated rings. The maximum Gasteiger partial charge on any atom is 0.226 e. The van der Waals surface area contributed by atoms with Crippen molar-refractivity contribution in [2.75, 3.05) is 56.5 Å². The van der Waals surface area contributed by atoms with Gasteiger partial charge in [-0.1, -0.05) is 0 Å². The zero-order chi connectivity index (χ0) is 20.6. The third-order valence-corrected chi connectivity index (χ3v) is 4.97. The molecule has 1 aliphatic heterocycles. The van der Waals surface area contributed by atoms with Gasteiger partial charge in [-0.3, -0.25) is 4.79 Å². The number of amides is 1. The molecule has 2 aromatic rings. The average Bonchev–Trinajstić information content (AvgIpc) is 3.28. The Balaban J connectivity index is 1.51. The molecule has 0 bridgehead atoms. The maximum absolute atomic E-state index is 12.3. The smallest absolute Gasteiger partial charge is 0.226 e. The Morgan fingerprint density at radius 3 is 2.10 bits per heavy atom. The van der Waals surface area contributed by atoms with Crippen molar-refractivity contribution < 1.29 is 19.0 Å². The molecule has 0 unspecified atom stereocenters. The van der Waals surface area contributed by atoms with E-state index in [1.807, 2.05) is 0 Å². The van der Waals surface area contributed by atoms with E-state index >= 15 is 0 Å². The van der Waals surface area contributed by atoms with E-state index in [9.17, 15) is 4.79 Å². The van der Waals surface area contributed by atoms with Crippen molar-refractivity contribution >= 4 is 23.0 Å². The molecular formula is C22H29N3O4. The molecule has 0 aromatic heterocycles. The molecule has 0 atom stereocenters. The number of carbonyl (C=O) groups excluding carboxylic acids is 1. The lowest BCUT2D eigenvalue weighted by atomic mass is 10.2. The van der Waals surface area contributed by atoms with E-state index in [1.165, 1.54) is 18.5 Å². The van der Waals surface area contributed by atoms with E-state index in [1.54, 1.807) is 33.5 Å². The Hall–Kier alpha value is -3.09. The number of rotatable bonds is 9. The molecule has 2 aromatic carbocycles. The van der Waals surface area contributed by atoms with Crippen LogP contribution in [-0.2, 0) is 4.79 Å². The average molecular weight is 399 g/mol. The fourth-order valence-electron chi connectivity index (χ4n) is 3.46. The molecule has 156 valence electrons. The van der Waals surface area contributed by atoms with Gasteiger partial charge < -0.3 is 29.7 Å². The first-order valence-electron chi connectivity index (χ1n) is 9.83. The van der Waals surface area contributed by atoms with Gasteiger partial charge in [-0.15, -0.1) is 0 Å². The minimum Gasteiger partial charge on any atom is -0.493 e. The Labute approximate surface area is 171 Å². The maximum atomic E-state index is 12.3. The molecule has 3 rings (SSSR count). The summed E-state index contributed by atoms with van der Waals surface area (Å²) in [5.41, 5.74) is 2.86. The summed E-state index contributed by atoms with van der Waals surface area (Å²) in [6.07, 6.45) is 2.87. The van der Waals surface area contributed by atoms with E-state index in [0.29, 0.717) is 35.9 Å². The molecule has 1 saturated heterocycles. The van der Waals surface area contributed by atoms with Crippen LogP contribution in [0.4, 0.5) is 17.1 Å². The predicted octanol–water partition coefficient (Wildman–Crippen LogP) is 3.75. The summed E-state index contributed by atoms with van der Waals surface area (Å²) < 4.78 is 15.9. The van der Waals surface area contributed by atoms with Crippen LogP contribution in [0.5, 0.6) is 17.2 Å². The number of carbonyl (C=O) groups is 1. The second-order valence-electron chi connectivity index (χ2n) is 6.88. The normalized spacial score (nSPS) is 13.1. The van der Waals surface area contributed by atoms with Crippen molar-refractivity contribution in [3.8, 4) is 17.2 Å². The van der Waals surface area contributed by atoms with Crippen LogP contribution >= 0.6 is 0 Å². The highest BCUT2D eigenvalue weighted by atomic mass is 16.5. The van der Waals surface area contributed by atoms with E-state index in [4.69, 9.17) is 14.2 Å². The molecule has 29 heavy (non-hydrogen) atoms. The van der Waals surface area contributed by atoms with Gasteiger partial charge in [-0.2, -0.15) is 0 Å². The summed E-state index contributed by atoms with van der Waals surface area (Å²) in [6.45, 7) is 2.81. The third kappa shape index (κ3) is 5.25. The first-order chi connectivity index (χ1) is 14.1. The third-order valence-electron chi connectivity index (χ3n) is 4.97. The molecule has 0 aliphatic carbocycles. The molecule has 7 nitrogen and oxygen atoms in total. The number of benzene rings is 2. The van der Waals surface area contributed by atoms with Gasteiger partial charge >= 0.3 is 0 Å². The highest BCUT2D eigenvalue weighted by Crippen LogP contribution is 2.39. The second-order valence-corrected chi connectivity index (χ2v) is 6.88. The van der Waals surface area contributed by atoms with Crippen LogP contribution in [0.15, 0.2) is 36.4 Å². The van der Waals surface area contributed by atoms with Crippen LogP contribution in [0, 0.1) is 0 Å². The number of ether oxygens (including phenoxy) is 3. The molecule has 0 radical (unpaired) electrons. The summed E-state index contributed by atoms with van der Waals surface area (Å²) in [4.78, 5) is 14.7. The number of hydrogen-bond donors (Lipinski definition) is 2. The van der Waals surface area contributed by atoms with Crippen LogP contribution in [0.25, 0.3) is 0 Å². The van der Waals surface area contributed by atoms with Gasteiger partial charge in [0.1, 0.15) is 0 Å². The van der Waals surface area contributed by atoms with Gasteiger partial charge in [0.2, 0.25) is 11.7 Å². The summed E-state index contributed by atoms with van der Waals surface area (Å²) >= 11 is 0. The van der Waals surface area contributed by atoms with Gasteiger partial charge in [-0.25, -0.2) is 0 Å². The zero-order valence-corrected chi connectivity index (χ0v) is 17.3. The van der Waals surface area contributed by atoms with Crippen LogP contribution in [0.2, 0.25) is 0 Å². The molecule has 1 amide bonds. The van der Waals surface area contributed by atoms with Gasteiger partial charge in [-0.05, 0) is 37.1 Å². The Morgan fingerprint density at radius 1 is 0.931 bits per heavy atom. The molecule has 0 saturated carbocycles. The number of nitrogens with zero attached hydrogens (tertiary/aromatic N) is 1. The molecule has 2 N–H and O–H groups in total. The SMILES string of the molecule is COc1cc(NC(=O)CCNc2ccc(N3CCCC3)cc2)cc(OC)c1OC. The molecule has 0 spiro atoms. The lowest BCUT2D eigenvalue weighted by molar-refractivity contribution is -0.115. The minimum absolute atomic E-state index is 0.0968. The summed E-state index contributed by atoms with van der Waals surface area (Å²) in [6, 6.07) is 11.8. The molecule has 1 heterocycles. The fraction of sp³-hybridized carbons (Fsp3) is 0.409. The van der Waals surface area contributed by atoms with E-state index in [-0.39, 0.29) is 5.91 Å². The van der Waals surface area contributed by atoms with E-state index < -0.39 is 0 Å². The van der Waals surface area contributed by atoms with Gasteiger partial charge in [0.25, 0.3) is 0 Å². The quantitative estimate of drug-likeness (QED) is 0.669. The number of hydrogen-bond acceptors (Lipinski definition) is 6. The summed E-state index contributed by atoms with van der Waals surface area (Å²) in [5, 5.41) is 6.17. The van der Waals surface area contributed by atoms with Crippen molar-refractivity contribution in [1.29, 1.82) is 0 Å². The largest absolute Gasteiger partial charge is 0.493 e. The van der Waals surface area contributed by atoms with Gasteiger partial charge in [0, 0.05) is 55.2 Å². The standard InChI is InChI=1S/C22H29N3O4/c1-27-19-14-17(15-20(28-2)22(19)29-3)24-21(26)10-11-23-16-6-8-18(9-7-16)25-12-4-5-13-25/h6-9,14-15,23H,4-5,10-13H2,1-3H3,(H,24,26). The first-order valence-corrected chi connectivity index (χ1v) is 9.83. The van der Waals surface area contributed by atoms with Crippen molar-refractivity contribution in [2.24, 2.45) is 0 Å². The summed E-state index contributed by atoms with van der Waals surface area (Å²) in [5.74, 6) is 1.39. The number of anilines is 3. The van der Waals surface area contributed by atoms with Crippen molar-refractivity contribution in [3.05, 3.63) is 36.4 Å². The Morgan fingerprint density at radius 2 is 1.55 bits per heavy atom. The summed E-state index contributed by atoms with van der Waals surface area (Å²) in [7, 11) is 4.63. The van der Waals surface area contributed by atoms with E-state index in [2.05, 4.69) is 39.8 Å². The van der Waals surface area contributed by atoms with Crippen molar-refractivity contribution in [3.63, 3.8) is 0 Å². The monoisotopic (exact) mass is 399 g/mol. The minimum atomic E-state index is -0.0968. The predicted molar refractivity (Wildman–Crippen MR) is 116 cm³/mol. The Kier molecular flexibility index (Phi) is 7.05. The lowest BCUT2D eigenvalue weighted by Gasteiger charge is -2.18. The molecule has 7 heteroatoms. The lowest BCUT2D eigenvalue weighted by Crippen LogP contribution is -2.18. The van der Waals surface area contributed by atoms with Crippen molar-refractivity contribution in [1.82, 2.24) is 0 Å². The highest BCUT2D eigenvalue weighted by Gasteiger charge is 2.15. The van der Waals surface area contributed by atoms with Gasteiger partial charge in [0.05, 0.1) is 21.3 Å². The van der Waals surface area contributed by atoms with E-state index in [0.717, 1.165) is 18.8 Å². The van der Waals surface area contributed by atoms with Crippen molar-refractivity contribution in [2.45, 2.75) is 19.3 Å². The van der Waals surface area contributed by atoms with Crippen LogP contribution in [0.1, 0.15) is 19.3 Å². The highest BCUT2D eigenvalue weighted by molar-refractivity contribution is 5.91. The Bertz CT molecular complexity index is 792. The number of methoxy groups -OCH3 is 3. The fourth-order valence-corrected chi connectivity index (χ4v) is 3.46. The topological polar surface area (TPSA) is 72.1 Å². The van der Waals surface area contributed by atoms with Crippen LogP contribution in [0.3, 0.4) is 0 Å². The zero-order valence-electron chi connectivity index (χ0n) is 17.3. The number of nitrogens with one attached hydrogen (secondary N) is 2. The second kappa shape index (κ2) is 9.91. The van der Waals surface area contributed by atoms with Gasteiger partial charge in [0.15, 0.2) is 11.5 Å². The van der Waals surface area contributed by atoms with Crippen LogP contribution < -0.4 is 29.7 Å². The molecular weight excluding hydrogens is 370 g/mol.